The standard InChI is InChI=1S/C47H37NO2/c1-47(2)44-18-10-8-17-42(44)43-25-24-40(30-45(43)47)48(46-19-11-9-16-41(46)34-12-4-3-5-13-34)39-22-20-33(21-23-39)26-27-50-32-38-29-36-15-7-6-14-35(36)28-37(38)31-49/h3-31H,32H2,1-2H3. The number of ether oxygens (including phenoxy) is 1. The maximum Gasteiger partial charge on any atom is 0.150 e. The van der Waals surface area contributed by atoms with E-state index in [1.54, 1.807) is 6.26 Å². The lowest BCUT2D eigenvalue weighted by molar-refractivity contribution is 0.112. The van der Waals surface area contributed by atoms with Crippen molar-refractivity contribution in [1.82, 2.24) is 0 Å². The molecule has 0 saturated carbocycles. The largest absolute Gasteiger partial charge is 0.496 e. The molecule has 1 aliphatic rings. The summed E-state index contributed by atoms with van der Waals surface area (Å²) in [5.41, 5.74) is 13.4. The van der Waals surface area contributed by atoms with Crippen LogP contribution in [0.1, 0.15) is 46.5 Å². The van der Waals surface area contributed by atoms with Gasteiger partial charge in [0.25, 0.3) is 0 Å². The average Bonchev–Trinajstić information content (AvgIpc) is 3.40. The molecular weight excluding hydrogens is 611 g/mol. The van der Waals surface area contributed by atoms with Gasteiger partial charge in [0.05, 0.1) is 11.9 Å². The van der Waals surface area contributed by atoms with Crippen LogP contribution in [0, 0.1) is 0 Å². The summed E-state index contributed by atoms with van der Waals surface area (Å²) in [5.74, 6) is 0. The third-order valence-corrected chi connectivity index (χ3v) is 9.94. The van der Waals surface area contributed by atoms with E-state index in [0.717, 1.165) is 50.8 Å². The van der Waals surface area contributed by atoms with Crippen LogP contribution in [0.15, 0.2) is 164 Å². The van der Waals surface area contributed by atoms with Crippen molar-refractivity contribution < 1.29 is 9.53 Å². The molecule has 0 heterocycles. The summed E-state index contributed by atoms with van der Waals surface area (Å²) in [5, 5.41) is 2.13. The number of hydrogen-bond acceptors (Lipinski definition) is 3. The molecule has 0 fully saturated rings. The van der Waals surface area contributed by atoms with Gasteiger partial charge in [0.2, 0.25) is 0 Å². The second kappa shape index (κ2) is 13.0. The Kier molecular flexibility index (Phi) is 8.10. The normalized spacial score (nSPS) is 12.8. The molecule has 0 N–H and O–H groups in total. The molecule has 0 radical (unpaired) electrons. The Bertz CT molecular complexity index is 2370. The molecule has 0 aliphatic heterocycles. The van der Waals surface area contributed by atoms with E-state index in [1.165, 1.54) is 27.8 Å². The molecule has 3 nitrogen and oxygen atoms in total. The molecule has 7 aromatic carbocycles. The number of benzene rings is 7. The zero-order chi connectivity index (χ0) is 34.1. The number of fused-ring (bicyclic) bond motifs is 4. The molecule has 0 aromatic heterocycles. The number of hydrogen-bond donors (Lipinski definition) is 0. The third kappa shape index (κ3) is 5.67. The van der Waals surface area contributed by atoms with Crippen molar-refractivity contribution in [3.63, 3.8) is 0 Å². The van der Waals surface area contributed by atoms with E-state index in [-0.39, 0.29) is 5.41 Å². The SMILES string of the molecule is CC1(C)c2ccccc2-c2ccc(N(c3ccc(C=COCc4cc5ccccc5cc4C=O)cc3)c3ccccc3-c3ccccc3)cc21. The van der Waals surface area contributed by atoms with Crippen molar-refractivity contribution in [3.05, 3.63) is 192 Å². The first-order chi connectivity index (χ1) is 24.5. The number of rotatable bonds is 9. The molecule has 0 amide bonds. The first-order valence-corrected chi connectivity index (χ1v) is 17.1. The minimum atomic E-state index is -0.111. The van der Waals surface area contributed by atoms with Crippen LogP contribution in [0.25, 0.3) is 39.1 Å². The van der Waals surface area contributed by atoms with Gasteiger partial charge in [-0.3, -0.25) is 4.79 Å². The van der Waals surface area contributed by atoms with Gasteiger partial charge in [-0.25, -0.2) is 0 Å². The minimum Gasteiger partial charge on any atom is -0.496 e. The monoisotopic (exact) mass is 647 g/mol. The predicted octanol–water partition coefficient (Wildman–Crippen LogP) is 12.3. The van der Waals surface area contributed by atoms with Crippen molar-refractivity contribution in [3.8, 4) is 22.3 Å². The maximum atomic E-state index is 11.8. The minimum absolute atomic E-state index is 0.111. The van der Waals surface area contributed by atoms with E-state index >= 15 is 0 Å². The van der Waals surface area contributed by atoms with Crippen LogP contribution in [0.2, 0.25) is 0 Å². The Hall–Kier alpha value is -6.19. The lowest BCUT2D eigenvalue weighted by Crippen LogP contribution is -2.16. The average molecular weight is 648 g/mol. The van der Waals surface area contributed by atoms with Crippen LogP contribution < -0.4 is 4.90 Å². The van der Waals surface area contributed by atoms with Gasteiger partial charge < -0.3 is 9.64 Å². The molecule has 50 heavy (non-hydrogen) atoms. The number of carbonyl (C=O) groups is 1. The van der Waals surface area contributed by atoms with E-state index in [0.29, 0.717) is 12.2 Å². The summed E-state index contributed by atoms with van der Waals surface area (Å²) in [6, 6.07) is 55.5. The van der Waals surface area contributed by atoms with Crippen LogP contribution in [-0.4, -0.2) is 6.29 Å². The Balaban J connectivity index is 1.13. The van der Waals surface area contributed by atoms with Crippen molar-refractivity contribution in [2.24, 2.45) is 0 Å². The van der Waals surface area contributed by atoms with E-state index in [1.807, 2.05) is 36.4 Å². The molecule has 0 saturated heterocycles. The van der Waals surface area contributed by atoms with Crippen molar-refractivity contribution in [1.29, 1.82) is 0 Å². The molecule has 0 unspecified atom stereocenters. The zero-order valence-electron chi connectivity index (χ0n) is 28.2. The highest BCUT2D eigenvalue weighted by Crippen LogP contribution is 2.51. The van der Waals surface area contributed by atoms with E-state index in [4.69, 9.17) is 4.74 Å². The summed E-state index contributed by atoms with van der Waals surface area (Å²) >= 11 is 0. The fraction of sp³-hybridized carbons (Fsp3) is 0.0851. The molecule has 242 valence electrons. The fourth-order valence-corrected chi connectivity index (χ4v) is 7.33. The molecule has 0 bridgehead atoms. The smallest absolute Gasteiger partial charge is 0.150 e. The van der Waals surface area contributed by atoms with Crippen LogP contribution in [0.5, 0.6) is 0 Å². The fourth-order valence-electron chi connectivity index (χ4n) is 7.33. The van der Waals surface area contributed by atoms with Crippen LogP contribution >= 0.6 is 0 Å². The first kappa shape index (κ1) is 31.1. The Morgan fingerprint density at radius 3 is 2.02 bits per heavy atom. The van der Waals surface area contributed by atoms with E-state index in [9.17, 15) is 4.79 Å². The molecule has 0 atom stereocenters. The lowest BCUT2D eigenvalue weighted by Gasteiger charge is -2.30. The Morgan fingerprint density at radius 1 is 0.600 bits per heavy atom. The number of aldehydes is 1. The van der Waals surface area contributed by atoms with Gasteiger partial charge in [-0.2, -0.15) is 0 Å². The topological polar surface area (TPSA) is 29.5 Å². The second-order valence-electron chi connectivity index (χ2n) is 13.3. The van der Waals surface area contributed by atoms with Gasteiger partial charge in [-0.1, -0.05) is 129 Å². The van der Waals surface area contributed by atoms with Crippen molar-refractivity contribution in [2.75, 3.05) is 4.90 Å². The summed E-state index contributed by atoms with van der Waals surface area (Å²) < 4.78 is 5.94. The van der Waals surface area contributed by atoms with Gasteiger partial charge in [-0.05, 0) is 92.7 Å². The Morgan fingerprint density at radius 2 is 1.24 bits per heavy atom. The molecule has 3 heteroatoms. The van der Waals surface area contributed by atoms with Crippen molar-refractivity contribution >= 4 is 40.2 Å². The van der Waals surface area contributed by atoms with Gasteiger partial charge in [0.15, 0.2) is 0 Å². The van der Waals surface area contributed by atoms with E-state index in [2.05, 4.69) is 146 Å². The highest BCUT2D eigenvalue weighted by Gasteiger charge is 2.35. The highest BCUT2D eigenvalue weighted by molar-refractivity contribution is 5.92. The van der Waals surface area contributed by atoms with Gasteiger partial charge >= 0.3 is 0 Å². The number of carbonyl (C=O) groups excluding carboxylic acids is 1. The molecule has 0 spiro atoms. The number of para-hydroxylation sites is 1. The van der Waals surface area contributed by atoms with Gasteiger partial charge in [0.1, 0.15) is 12.9 Å². The summed E-state index contributed by atoms with van der Waals surface area (Å²) in [6.45, 7) is 4.97. The Labute approximate surface area is 293 Å². The number of anilines is 3. The molecular formula is C47H37NO2. The van der Waals surface area contributed by atoms with Crippen LogP contribution in [0.3, 0.4) is 0 Å². The lowest BCUT2D eigenvalue weighted by atomic mass is 9.82. The van der Waals surface area contributed by atoms with E-state index < -0.39 is 0 Å². The highest BCUT2D eigenvalue weighted by atomic mass is 16.5. The predicted molar refractivity (Wildman–Crippen MR) is 207 cm³/mol. The van der Waals surface area contributed by atoms with Crippen molar-refractivity contribution in [2.45, 2.75) is 25.9 Å². The van der Waals surface area contributed by atoms with Gasteiger partial charge in [-0.15, -0.1) is 0 Å². The first-order valence-electron chi connectivity index (χ1n) is 17.1. The number of nitrogens with zero attached hydrogens (tertiary/aromatic N) is 1. The second-order valence-corrected chi connectivity index (χ2v) is 13.3. The molecule has 7 aromatic rings. The molecule has 1 aliphatic carbocycles. The summed E-state index contributed by atoms with van der Waals surface area (Å²) in [4.78, 5) is 14.1. The van der Waals surface area contributed by atoms with Crippen LogP contribution in [-0.2, 0) is 16.8 Å². The van der Waals surface area contributed by atoms with Gasteiger partial charge in [0, 0.05) is 33.5 Å². The molecule has 8 rings (SSSR count). The van der Waals surface area contributed by atoms with Crippen LogP contribution in [0.4, 0.5) is 17.1 Å². The maximum absolute atomic E-state index is 11.8. The summed E-state index contributed by atoms with van der Waals surface area (Å²) in [7, 11) is 0. The quantitative estimate of drug-likeness (QED) is 0.115. The summed E-state index contributed by atoms with van der Waals surface area (Å²) in [6.07, 6.45) is 4.57. The third-order valence-electron chi connectivity index (χ3n) is 9.94. The zero-order valence-corrected chi connectivity index (χ0v) is 28.2.